The fourth-order valence-corrected chi connectivity index (χ4v) is 3.42. The van der Waals surface area contributed by atoms with Gasteiger partial charge in [-0.25, -0.2) is 17.5 Å². The highest BCUT2D eigenvalue weighted by molar-refractivity contribution is 7.89. The van der Waals surface area contributed by atoms with Crippen molar-refractivity contribution in [3.8, 4) is 0 Å². The third-order valence-corrected chi connectivity index (χ3v) is 4.87. The SMILES string of the molecule is Cc1cc(S(=O)(=O)NCC2CCOCC2)cc(N)c1F. The van der Waals surface area contributed by atoms with Gasteiger partial charge in [0.15, 0.2) is 0 Å². The van der Waals surface area contributed by atoms with E-state index in [1.54, 1.807) is 0 Å². The lowest BCUT2D eigenvalue weighted by Gasteiger charge is -2.22. The average molecular weight is 302 g/mol. The Morgan fingerprint density at radius 1 is 1.40 bits per heavy atom. The Bertz CT molecular complexity index is 560. The van der Waals surface area contributed by atoms with E-state index >= 15 is 0 Å². The van der Waals surface area contributed by atoms with Gasteiger partial charge in [0.05, 0.1) is 10.6 Å². The van der Waals surface area contributed by atoms with Crippen LogP contribution in [0.2, 0.25) is 0 Å². The molecule has 0 saturated carbocycles. The molecule has 1 aromatic rings. The molecule has 1 aliphatic rings. The van der Waals surface area contributed by atoms with Crippen LogP contribution in [-0.4, -0.2) is 28.2 Å². The number of nitrogens with two attached hydrogens (primary N) is 1. The molecular formula is C13H19FN2O3S. The van der Waals surface area contributed by atoms with Crippen LogP contribution >= 0.6 is 0 Å². The van der Waals surface area contributed by atoms with Crippen molar-refractivity contribution in [2.45, 2.75) is 24.7 Å². The molecule has 5 nitrogen and oxygen atoms in total. The van der Waals surface area contributed by atoms with Gasteiger partial charge in [0.2, 0.25) is 10.0 Å². The predicted octanol–water partition coefficient (Wildman–Crippen LogP) is 1.42. The Balaban J connectivity index is 2.10. The Kier molecular flexibility index (Phi) is 4.62. The van der Waals surface area contributed by atoms with Crippen LogP contribution in [-0.2, 0) is 14.8 Å². The van der Waals surface area contributed by atoms with Crippen LogP contribution in [0.15, 0.2) is 17.0 Å². The number of sulfonamides is 1. The Morgan fingerprint density at radius 2 is 2.05 bits per heavy atom. The van der Waals surface area contributed by atoms with Crippen molar-refractivity contribution in [2.75, 3.05) is 25.5 Å². The van der Waals surface area contributed by atoms with Crippen LogP contribution in [0.4, 0.5) is 10.1 Å². The molecule has 7 heteroatoms. The third kappa shape index (κ3) is 3.47. The second kappa shape index (κ2) is 6.07. The minimum atomic E-state index is -3.66. The van der Waals surface area contributed by atoms with E-state index < -0.39 is 15.8 Å². The first-order valence-corrected chi connectivity index (χ1v) is 8.01. The maximum atomic E-state index is 13.4. The van der Waals surface area contributed by atoms with Gasteiger partial charge in [-0.15, -0.1) is 0 Å². The van der Waals surface area contributed by atoms with Crippen molar-refractivity contribution in [1.82, 2.24) is 4.72 Å². The van der Waals surface area contributed by atoms with Gasteiger partial charge in [0.1, 0.15) is 5.82 Å². The van der Waals surface area contributed by atoms with Crippen LogP contribution in [0.3, 0.4) is 0 Å². The standard InChI is InChI=1S/C13H19FN2O3S/c1-9-6-11(7-12(15)13(9)14)20(17,18)16-8-10-2-4-19-5-3-10/h6-7,10,16H,2-5,8,15H2,1H3. The van der Waals surface area contributed by atoms with Crippen molar-refractivity contribution in [2.24, 2.45) is 5.92 Å². The summed E-state index contributed by atoms with van der Waals surface area (Å²) >= 11 is 0. The molecule has 0 aromatic heterocycles. The van der Waals surface area contributed by atoms with Crippen molar-refractivity contribution in [3.05, 3.63) is 23.5 Å². The van der Waals surface area contributed by atoms with E-state index in [2.05, 4.69) is 4.72 Å². The summed E-state index contributed by atoms with van der Waals surface area (Å²) in [6.45, 7) is 3.18. The predicted molar refractivity (Wildman–Crippen MR) is 74.3 cm³/mol. The molecule has 1 fully saturated rings. The molecule has 0 radical (unpaired) electrons. The summed E-state index contributed by atoms with van der Waals surface area (Å²) < 4.78 is 45.5. The zero-order valence-corrected chi connectivity index (χ0v) is 12.2. The first-order valence-electron chi connectivity index (χ1n) is 6.53. The van der Waals surface area contributed by atoms with Gasteiger partial charge in [-0.1, -0.05) is 0 Å². The number of hydrogen-bond donors (Lipinski definition) is 2. The molecule has 0 amide bonds. The van der Waals surface area contributed by atoms with E-state index in [0.29, 0.717) is 19.8 Å². The number of aryl methyl sites for hydroxylation is 1. The molecule has 1 aliphatic heterocycles. The Hall–Kier alpha value is -1.18. The van der Waals surface area contributed by atoms with Crippen molar-refractivity contribution in [1.29, 1.82) is 0 Å². The molecule has 112 valence electrons. The molecule has 3 N–H and O–H groups in total. The average Bonchev–Trinajstić information content (AvgIpc) is 2.43. The smallest absolute Gasteiger partial charge is 0.240 e. The second-order valence-electron chi connectivity index (χ2n) is 5.05. The van der Waals surface area contributed by atoms with E-state index in [4.69, 9.17) is 10.5 Å². The summed E-state index contributed by atoms with van der Waals surface area (Å²) in [7, 11) is -3.66. The van der Waals surface area contributed by atoms with Crippen LogP contribution < -0.4 is 10.5 Å². The molecule has 0 atom stereocenters. The summed E-state index contributed by atoms with van der Waals surface area (Å²) in [6, 6.07) is 2.44. The largest absolute Gasteiger partial charge is 0.396 e. The zero-order chi connectivity index (χ0) is 14.8. The number of anilines is 1. The normalized spacial score (nSPS) is 17.3. The van der Waals surface area contributed by atoms with Crippen molar-refractivity contribution >= 4 is 15.7 Å². The summed E-state index contributed by atoms with van der Waals surface area (Å²) in [5, 5.41) is 0. The molecule has 0 aliphatic carbocycles. The number of benzene rings is 1. The van der Waals surface area contributed by atoms with Gasteiger partial charge in [-0.05, 0) is 43.4 Å². The number of hydrogen-bond acceptors (Lipinski definition) is 4. The third-order valence-electron chi connectivity index (χ3n) is 3.47. The van der Waals surface area contributed by atoms with E-state index in [0.717, 1.165) is 18.9 Å². The van der Waals surface area contributed by atoms with Crippen LogP contribution in [0.25, 0.3) is 0 Å². The zero-order valence-electron chi connectivity index (χ0n) is 11.4. The van der Waals surface area contributed by atoms with Gasteiger partial charge >= 0.3 is 0 Å². The highest BCUT2D eigenvalue weighted by Crippen LogP contribution is 2.21. The summed E-state index contributed by atoms with van der Waals surface area (Å²) in [5.41, 5.74) is 5.54. The number of halogens is 1. The molecule has 1 saturated heterocycles. The molecule has 0 spiro atoms. The highest BCUT2D eigenvalue weighted by atomic mass is 32.2. The first kappa shape index (κ1) is 15.2. The first-order chi connectivity index (χ1) is 9.40. The lowest BCUT2D eigenvalue weighted by Crippen LogP contribution is -2.32. The number of nitrogen functional groups attached to an aromatic ring is 1. The minimum absolute atomic E-state index is 0.000888. The fraction of sp³-hybridized carbons (Fsp3) is 0.538. The van der Waals surface area contributed by atoms with E-state index in [9.17, 15) is 12.8 Å². The maximum Gasteiger partial charge on any atom is 0.240 e. The Morgan fingerprint density at radius 3 is 2.65 bits per heavy atom. The lowest BCUT2D eigenvalue weighted by molar-refractivity contribution is 0.0678. The fourth-order valence-electron chi connectivity index (χ4n) is 2.18. The monoisotopic (exact) mass is 302 g/mol. The molecule has 1 aromatic carbocycles. The van der Waals surface area contributed by atoms with Crippen LogP contribution in [0.1, 0.15) is 18.4 Å². The molecular weight excluding hydrogens is 283 g/mol. The number of ether oxygens (including phenoxy) is 1. The van der Waals surface area contributed by atoms with Crippen LogP contribution in [0.5, 0.6) is 0 Å². The lowest BCUT2D eigenvalue weighted by atomic mass is 10.0. The van der Waals surface area contributed by atoms with Gasteiger partial charge in [0, 0.05) is 19.8 Å². The topological polar surface area (TPSA) is 81.4 Å². The number of rotatable bonds is 4. The van der Waals surface area contributed by atoms with E-state index in [1.807, 2.05) is 0 Å². The van der Waals surface area contributed by atoms with Gasteiger partial charge in [-0.2, -0.15) is 0 Å². The molecule has 20 heavy (non-hydrogen) atoms. The van der Waals surface area contributed by atoms with Crippen molar-refractivity contribution in [3.63, 3.8) is 0 Å². The maximum absolute atomic E-state index is 13.4. The highest BCUT2D eigenvalue weighted by Gasteiger charge is 2.20. The quantitative estimate of drug-likeness (QED) is 0.824. The van der Waals surface area contributed by atoms with Crippen molar-refractivity contribution < 1.29 is 17.5 Å². The summed E-state index contributed by atoms with van der Waals surface area (Å²) in [5.74, 6) is -0.300. The van der Waals surface area contributed by atoms with E-state index in [-0.39, 0.29) is 22.1 Å². The summed E-state index contributed by atoms with van der Waals surface area (Å²) in [4.78, 5) is 0.000888. The molecule has 2 rings (SSSR count). The molecule has 0 bridgehead atoms. The molecule has 1 heterocycles. The van der Waals surface area contributed by atoms with Crippen LogP contribution in [0, 0.1) is 18.7 Å². The van der Waals surface area contributed by atoms with E-state index in [1.165, 1.54) is 13.0 Å². The second-order valence-corrected chi connectivity index (χ2v) is 6.82. The van der Waals surface area contributed by atoms with Gasteiger partial charge in [0.25, 0.3) is 0 Å². The summed E-state index contributed by atoms with van der Waals surface area (Å²) in [6.07, 6.45) is 1.68. The number of nitrogens with one attached hydrogen (secondary N) is 1. The van der Waals surface area contributed by atoms with Gasteiger partial charge in [-0.3, -0.25) is 0 Å². The minimum Gasteiger partial charge on any atom is -0.396 e. The Labute approximate surface area is 118 Å². The van der Waals surface area contributed by atoms with Gasteiger partial charge < -0.3 is 10.5 Å². The molecule has 0 unspecified atom stereocenters.